The molecule has 82 heavy (non-hydrogen) atoms. The molecule has 0 bridgehead atoms. The fraction of sp³-hybridized carbons (Fsp3) is 0.441. The fourth-order valence-corrected chi connectivity index (χ4v) is 13.3. The number of aliphatic hydroxyl groups is 1. The Morgan fingerprint density at radius 2 is 1.65 bits per heavy atom. The summed E-state index contributed by atoms with van der Waals surface area (Å²) in [5.41, 5.74) is 9.56. The number of rotatable bonds is 21. The van der Waals surface area contributed by atoms with Crippen molar-refractivity contribution in [1.82, 2.24) is 55.1 Å². The van der Waals surface area contributed by atoms with Gasteiger partial charge >= 0.3 is 0 Å². The molecule has 2 aliphatic heterocycles. The first-order chi connectivity index (χ1) is 39.1. The summed E-state index contributed by atoms with van der Waals surface area (Å²) in [5.74, 6) is 0.469. The number of piperazine rings is 1. The zero-order valence-corrected chi connectivity index (χ0v) is 51.4. The SMILES string of the molecule is COc1cc(N2CCN(CCCCCCC(=O)N[C@H](C(=O)N3CC(O)CC3C(=O)NC(C)c3ccc(-c4scnc4C)cc3)C(C)(C)C)CC2)c(-c2cnn(C)c2)cc1Nc1ncc(Br)c(Nc2ccc3nccnc3c2P(C)(C)=O)n1. The number of hydrogen-bond acceptors (Lipinski definition) is 17. The van der Waals surface area contributed by atoms with Crippen LogP contribution in [0.15, 0.2) is 89.5 Å². The minimum Gasteiger partial charge on any atom is -0.494 e. The van der Waals surface area contributed by atoms with Crippen LogP contribution in [-0.4, -0.2) is 145 Å². The van der Waals surface area contributed by atoms with Crippen LogP contribution in [0.5, 0.6) is 5.75 Å². The molecule has 0 radical (unpaired) electrons. The molecule has 5 N–H and O–H groups in total. The van der Waals surface area contributed by atoms with Gasteiger partial charge in [0.15, 0.2) is 0 Å². The third kappa shape index (κ3) is 14.1. The van der Waals surface area contributed by atoms with Crippen molar-refractivity contribution in [2.75, 3.05) is 75.2 Å². The third-order valence-corrected chi connectivity index (χ3v) is 18.2. The molecule has 7 aromatic rings. The number of unbranched alkanes of at least 4 members (excludes halogenated alkanes) is 3. The van der Waals surface area contributed by atoms with Gasteiger partial charge in [-0.1, -0.05) is 57.9 Å². The summed E-state index contributed by atoms with van der Waals surface area (Å²) in [7, 11) is 0.716. The van der Waals surface area contributed by atoms with Crippen molar-refractivity contribution in [3.8, 4) is 27.3 Å². The maximum atomic E-state index is 14.3. The number of thiazole rings is 1. The van der Waals surface area contributed by atoms with Crippen molar-refractivity contribution in [3.63, 3.8) is 0 Å². The molecule has 434 valence electrons. The zero-order valence-electron chi connectivity index (χ0n) is 48.1. The van der Waals surface area contributed by atoms with Crippen LogP contribution in [0.3, 0.4) is 0 Å². The highest BCUT2D eigenvalue weighted by atomic mass is 79.9. The summed E-state index contributed by atoms with van der Waals surface area (Å²) in [5, 5.41) is 28.7. The maximum absolute atomic E-state index is 14.3. The molecule has 0 aliphatic carbocycles. The Morgan fingerprint density at radius 1 is 0.902 bits per heavy atom. The van der Waals surface area contributed by atoms with E-state index in [1.165, 1.54) is 4.90 Å². The number of nitrogens with one attached hydrogen (secondary N) is 4. The number of hydrogen-bond donors (Lipinski definition) is 5. The van der Waals surface area contributed by atoms with Gasteiger partial charge in [0.1, 0.15) is 36.3 Å². The van der Waals surface area contributed by atoms with E-state index in [-0.39, 0.29) is 43.1 Å². The van der Waals surface area contributed by atoms with E-state index < -0.39 is 30.7 Å². The van der Waals surface area contributed by atoms with E-state index in [1.807, 2.05) is 102 Å². The molecule has 3 aromatic carbocycles. The summed E-state index contributed by atoms with van der Waals surface area (Å²) >= 11 is 5.19. The van der Waals surface area contributed by atoms with Gasteiger partial charge in [-0.05, 0) is 97.2 Å². The normalized spacial score (nSPS) is 16.7. The Labute approximate surface area is 491 Å². The second-order valence-electron chi connectivity index (χ2n) is 22.7. The van der Waals surface area contributed by atoms with Gasteiger partial charge in [0.05, 0.1) is 68.2 Å². The zero-order chi connectivity index (χ0) is 58.5. The van der Waals surface area contributed by atoms with Crippen LogP contribution < -0.4 is 36.2 Å². The van der Waals surface area contributed by atoms with Crippen molar-refractivity contribution in [1.29, 1.82) is 0 Å². The first-order valence-corrected chi connectivity index (χ1v) is 32.1. The van der Waals surface area contributed by atoms with Crippen LogP contribution in [0.1, 0.15) is 83.5 Å². The molecule has 0 spiro atoms. The highest BCUT2D eigenvalue weighted by Gasteiger charge is 2.45. The number of fused-ring (bicyclic) bond motifs is 1. The van der Waals surface area contributed by atoms with Crippen LogP contribution in [0, 0.1) is 12.3 Å². The van der Waals surface area contributed by atoms with Gasteiger partial charge in [-0.2, -0.15) is 10.1 Å². The number of methoxy groups -OCH3 is 1. The third-order valence-electron chi connectivity index (χ3n) is 15.1. The van der Waals surface area contributed by atoms with Gasteiger partial charge in [-0.25, -0.2) is 9.97 Å². The molecule has 20 nitrogen and oxygen atoms in total. The van der Waals surface area contributed by atoms with Crippen LogP contribution >= 0.6 is 34.4 Å². The summed E-state index contributed by atoms with van der Waals surface area (Å²) in [6.45, 7) is 17.3. The molecule has 23 heteroatoms. The van der Waals surface area contributed by atoms with E-state index in [1.54, 1.807) is 55.0 Å². The number of likely N-dealkylation sites (tertiary alicyclic amines) is 1. The van der Waals surface area contributed by atoms with Crippen LogP contribution in [0.4, 0.5) is 28.8 Å². The van der Waals surface area contributed by atoms with E-state index in [0.29, 0.717) is 56.1 Å². The maximum Gasteiger partial charge on any atom is 0.246 e. The van der Waals surface area contributed by atoms with Gasteiger partial charge in [0, 0.05) is 100 Å². The lowest BCUT2D eigenvalue weighted by molar-refractivity contribution is -0.144. The minimum atomic E-state index is -2.82. The Morgan fingerprint density at radius 3 is 2.33 bits per heavy atom. The van der Waals surface area contributed by atoms with Crippen molar-refractivity contribution in [3.05, 3.63) is 101 Å². The van der Waals surface area contributed by atoms with Gasteiger partial charge in [-0.15, -0.1) is 11.3 Å². The van der Waals surface area contributed by atoms with E-state index in [0.717, 1.165) is 90.5 Å². The quantitative estimate of drug-likeness (QED) is 0.0333. The number of benzene rings is 3. The van der Waals surface area contributed by atoms with Gasteiger partial charge in [0.25, 0.3) is 0 Å². The average molecular weight is 1220 g/mol. The van der Waals surface area contributed by atoms with E-state index >= 15 is 0 Å². The Bertz CT molecular complexity index is 3470. The minimum absolute atomic E-state index is 0.0149. The number of nitrogens with zero attached hydrogens (tertiary/aromatic N) is 10. The highest BCUT2D eigenvalue weighted by molar-refractivity contribution is 9.10. The summed E-state index contributed by atoms with van der Waals surface area (Å²) in [6, 6.07) is 13.7. The summed E-state index contributed by atoms with van der Waals surface area (Å²) in [4.78, 5) is 71.7. The van der Waals surface area contributed by atoms with Gasteiger partial charge in [-0.3, -0.25) is 33.9 Å². The second-order valence-corrected chi connectivity index (χ2v) is 27.6. The number of amides is 3. The monoisotopic (exact) mass is 1220 g/mol. The van der Waals surface area contributed by atoms with E-state index in [9.17, 15) is 24.1 Å². The fourth-order valence-electron chi connectivity index (χ4n) is 10.8. The number of halogens is 1. The molecule has 4 aromatic heterocycles. The molecule has 9 rings (SSSR count). The largest absolute Gasteiger partial charge is 0.494 e. The molecule has 0 saturated carbocycles. The molecule has 2 aliphatic rings. The van der Waals surface area contributed by atoms with E-state index in [2.05, 4.69) is 78.1 Å². The lowest BCUT2D eigenvalue weighted by atomic mass is 9.85. The van der Waals surface area contributed by atoms with E-state index in [4.69, 9.17) is 9.72 Å². The summed E-state index contributed by atoms with van der Waals surface area (Å²) < 4.78 is 22.1. The Hall–Kier alpha value is -6.84. The summed E-state index contributed by atoms with van der Waals surface area (Å²) in [6.07, 6.45) is 11.8. The van der Waals surface area contributed by atoms with Crippen molar-refractivity contribution >= 4 is 97.3 Å². The Balaban J connectivity index is 0.760. The number of aromatic nitrogens is 7. The number of β-amino-alcohol motifs (C(OH)–C–C–N with tert-alkyl or cyclic N) is 1. The predicted octanol–water partition coefficient (Wildman–Crippen LogP) is 9.20. The molecule has 2 fully saturated rings. The highest BCUT2D eigenvalue weighted by Crippen LogP contribution is 2.43. The van der Waals surface area contributed by atoms with Gasteiger partial charge < -0.3 is 45.5 Å². The predicted molar refractivity (Wildman–Crippen MR) is 328 cm³/mol. The second kappa shape index (κ2) is 25.7. The molecular formula is C59H74BrN14O6PS. The number of aliphatic hydroxyl groups excluding tert-OH is 1. The molecule has 3 amide bonds. The molecule has 2 saturated heterocycles. The number of carbonyl (C=O) groups is 3. The van der Waals surface area contributed by atoms with Crippen molar-refractivity contribution in [2.45, 2.75) is 97.4 Å². The number of carbonyl (C=O) groups excluding carboxylic acids is 3. The molecular weight excluding hydrogens is 1140 g/mol. The molecule has 3 unspecified atom stereocenters. The molecule has 4 atom stereocenters. The topological polar surface area (TPSA) is 238 Å². The first-order valence-electron chi connectivity index (χ1n) is 27.8. The lowest BCUT2D eigenvalue weighted by Gasteiger charge is -2.37. The van der Waals surface area contributed by atoms with Crippen molar-refractivity contribution in [2.24, 2.45) is 12.5 Å². The molecule has 6 heterocycles. The van der Waals surface area contributed by atoms with Crippen LogP contribution in [-0.2, 0) is 26.0 Å². The lowest BCUT2D eigenvalue weighted by Crippen LogP contribution is -2.57. The van der Waals surface area contributed by atoms with Crippen LogP contribution in [0.2, 0.25) is 0 Å². The van der Waals surface area contributed by atoms with Crippen LogP contribution in [0.25, 0.3) is 32.6 Å². The number of aryl methyl sites for hydroxylation is 2. The van der Waals surface area contributed by atoms with Crippen molar-refractivity contribution < 1.29 is 28.8 Å². The average Bonchev–Trinajstić information content (AvgIpc) is 4.27. The Kier molecular flexibility index (Phi) is 18.8. The first kappa shape index (κ1) is 59.8. The smallest absolute Gasteiger partial charge is 0.246 e. The number of anilines is 5. The van der Waals surface area contributed by atoms with Gasteiger partial charge in [0.2, 0.25) is 23.7 Å². The standard InChI is InChI=1S/C59H74BrN14O6PS/c1-36(38-15-17-39(18-16-38)53-37(2)64-35-82-53)66-56(77)48-28-41(75)34-74(48)57(78)54(59(3,4)5)69-50(76)14-12-10-11-13-23-72-24-26-73(27-25-72)47-30-49(80-7)46(29-42(47)40-31-65-71(6)33-40)68-58-63-32-43(60)55(70-58)67-45-20-19-44-51(62-22-21-61-44)52(45)81(8,9)79/h15-22,29-33,35-36,41,48,54,75H,10-14,23-28,34H2,1-9H3,(H,66,77)(H,69,76)(H2,63,67,68,70)/t36?,41?,48?,54-/m1/s1. The number of ether oxygens (including phenoxy) is 1.